The maximum absolute atomic E-state index is 0. The van der Waals surface area contributed by atoms with Gasteiger partial charge in [-0.15, -0.1) is 0 Å². The van der Waals surface area contributed by atoms with E-state index in [0.29, 0.717) is 0 Å². The minimum Gasteiger partial charge on any atom is -1.00 e. The molecule has 0 N–H and O–H groups in total. The van der Waals surface area contributed by atoms with Crippen LogP contribution in [0.5, 0.6) is 0 Å². The van der Waals surface area contributed by atoms with Crippen molar-refractivity contribution in [1.29, 1.82) is 0 Å². The Kier molecular flexibility index (Phi) is 139. The molecule has 0 radical (unpaired) electrons. The molecule has 0 spiro atoms. The van der Waals surface area contributed by atoms with E-state index in [1.165, 1.54) is 0 Å². The van der Waals surface area contributed by atoms with Crippen LogP contribution in [-0.4, -0.2) is 40.4 Å². The van der Waals surface area contributed by atoms with Crippen molar-refractivity contribution >= 4 is 40.4 Å². The van der Waals surface area contributed by atoms with Gasteiger partial charge in [-0.25, -0.2) is 0 Å². The van der Waals surface area contributed by atoms with E-state index in [1.54, 1.807) is 0 Å². The molecule has 0 nitrogen and oxygen atoms in total. The summed E-state index contributed by atoms with van der Waals surface area (Å²) in [7, 11) is 0. The summed E-state index contributed by atoms with van der Waals surface area (Å²) in [5.74, 6) is 0. The first-order valence-electron chi connectivity index (χ1n) is 0. The Bertz CT molecular complexity index is 14.9. The van der Waals surface area contributed by atoms with E-state index in [0.717, 1.165) is 0 Å². The fourth-order valence-electron chi connectivity index (χ4n) is 0. The molecule has 0 aromatic rings. The SMILES string of the molecule is [AlH3].[H-].[H-].[H-].[Li+].[Mg+2].[Zn]. The molecule has 0 heterocycles. The van der Waals surface area contributed by atoms with Gasteiger partial charge >= 0.3 is 41.9 Å². The van der Waals surface area contributed by atoms with Gasteiger partial charge in [-0.2, -0.15) is 0 Å². The standard InChI is InChI=1S/Al.Li.Mg.Zn.6H/q;+1;+2;;;;;3*-1. The third-order valence-corrected chi connectivity index (χ3v) is 0. The summed E-state index contributed by atoms with van der Waals surface area (Å²) in [5.41, 5.74) is 0. The normalized spacial score (nSPS) is 0. The van der Waals surface area contributed by atoms with Gasteiger partial charge in [0.2, 0.25) is 0 Å². The van der Waals surface area contributed by atoms with Crippen LogP contribution in [0.25, 0.3) is 0 Å². The van der Waals surface area contributed by atoms with Crippen molar-refractivity contribution in [2.24, 2.45) is 0 Å². The molecule has 0 aliphatic heterocycles. The largest absolute Gasteiger partial charge is 2.00 e. The van der Waals surface area contributed by atoms with Crippen molar-refractivity contribution in [3.05, 3.63) is 0 Å². The van der Waals surface area contributed by atoms with Crippen molar-refractivity contribution in [1.82, 2.24) is 0 Å². The number of rotatable bonds is 0. The minimum atomic E-state index is 0. The Morgan fingerprint density at radius 2 is 1.25 bits per heavy atom. The second kappa shape index (κ2) is 17.8. The third-order valence-electron chi connectivity index (χ3n) is 0. The molecule has 0 fully saturated rings. The molecule has 14 valence electrons. The van der Waals surface area contributed by atoms with Gasteiger partial charge in [0.15, 0.2) is 17.4 Å². The molecule has 0 aromatic carbocycles. The van der Waals surface area contributed by atoms with Crippen molar-refractivity contribution in [2.75, 3.05) is 0 Å². The molecule has 0 saturated heterocycles. The van der Waals surface area contributed by atoms with Crippen molar-refractivity contribution in [3.63, 3.8) is 0 Å². The Morgan fingerprint density at radius 1 is 1.25 bits per heavy atom. The van der Waals surface area contributed by atoms with Gasteiger partial charge in [-0.1, -0.05) is 0 Å². The Morgan fingerprint density at radius 3 is 1.25 bits per heavy atom. The Labute approximate surface area is 82.1 Å². The molecule has 4 heteroatoms. The van der Waals surface area contributed by atoms with E-state index in [2.05, 4.69) is 0 Å². The van der Waals surface area contributed by atoms with Crippen LogP contribution in [0.1, 0.15) is 4.28 Å². The summed E-state index contributed by atoms with van der Waals surface area (Å²) >= 11 is 0. The van der Waals surface area contributed by atoms with Gasteiger partial charge in [0.05, 0.1) is 0 Å². The van der Waals surface area contributed by atoms with E-state index < -0.39 is 0 Å². The maximum atomic E-state index is 0. The zero-order chi connectivity index (χ0) is 0. The molecule has 0 atom stereocenters. The Hall–Kier alpha value is 2.52. The minimum absolute atomic E-state index is 0. The molecule has 0 amide bonds. The Balaban J connectivity index is 0. The maximum Gasteiger partial charge on any atom is 2.00 e. The van der Waals surface area contributed by atoms with Crippen LogP contribution >= 0.6 is 0 Å². The summed E-state index contributed by atoms with van der Waals surface area (Å²) in [5, 5.41) is 0. The fourth-order valence-corrected chi connectivity index (χ4v) is 0. The van der Waals surface area contributed by atoms with Gasteiger partial charge in [-0.3, -0.25) is 0 Å². The monoisotopic (exact) mass is 128 g/mol. The molecule has 0 bridgehead atoms. The number of hydrogen-bond acceptors (Lipinski definition) is 0. The van der Waals surface area contributed by atoms with Crippen molar-refractivity contribution in [2.45, 2.75) is 0 Å². The predicted molar refractivity (Wildman–Crippen MR) is 19.0 cm³/mol. The average Bonchev–Trinajstić information content (AvgIpc) is 0. The second-order valence-corrected chi connectivity index (χ2v) is 0. The zero-order valence-corrected chi connectivity index (χ0v) is 6.80. The van der Waals surface area contributed by atoms with Crippen LogP contribution in [0.4, 0.5) is 0 Å². The second-order valence-electron chi connectivity index (χ2n) is 0. The molecule has 0 saturated carbocycles. The summed E-state index contributed by atoms with van der Waals surface area (Å²) in [6.45, 7) is 0. The van der Waals surface area contributed by atoms with Crippen molar-refractivity contribution < 1.29 is 42.6 Å². The molecule has 0 aromatic heterocycles. The fraction of sp³-hybridized carbons (Fsp3) is 0. The summed E-state index contributed by atoms with van der Waals surface area (Å²) in [6, 6.07) is 0. The van der Waals surface area contributed by atoms with Crippen LogP contribution in [0, 0.1) is 0 Å². The van der Waals surface area contributed by atoms with E-state index in [-0.39, 0.29) is 83.0 Å². The van der Waals surface area contributed by atoms with Gasteiger partial charge in [0.25, 0.3) is 0 Å². The molecular weight excluding hydrogens is 124 g/mol. The van der Waals surface area contributed by atoms with Gasteiger partial charge < -0.3 is 4.28 Å². The van der Waals surface area contributed by atoms with E-state index in [4.69, 9.17) is 0 Å². The quantitative estimate of drug-likeness (QED) is 0.291. The summed E-state index contributed by atoms with van der Waals surface area (Å²) in [6.07, 6.45) is 0. The van der Waals surface area contributed by atoms with E-state index in [9.17, 15) is 0 Å². The first kappa shape index (κ1) is 31.3. The molecule has 0 aliphatic carbocycles. The van der Waals surface area contributed by atoms with Gasteiger partial charge in [0, 0.05) is 19.5 Å². The van der Waals surface area contributed by atoms with E-state index in [1.807, 2.05) is 0 Å². The van der Waals surface area contributed by atoms with Crippen LogP contribution in [0.3, 0.4) is 0 Å². The average molecular weight is 130 g/mol. The molecule has 4 heavy (non-hydrogen) atoms. The summed E-state index contributed by atoms with van der Waals surface area (Å²) < 4.78 is 0. The molecule has 0 unspecified atom stereocenters. The van der Waals surface area contributed by atoms with Crippen LogP contribution in [-0.2, 0) is 19.5 Å². The third kappa shape index (κ3) is 8.82. The molecule has 0 aliphatic rings. The van der Waals surface area contributed by atoms with Crippen LogP contribution in [0.15, 0.2) is 0 Å². The predicted octanol–water partition coefficient (Wildman–Crippen LogP) is -4.23. The first-order valence-corrected chi connectivity index (χ1v) is 0. The molecular formula is H6AlLiMgZn. The smallest absolute Gasteiger partial charge is 1.00 e. The van der Waals surface area contributed by atoms with E-state index >= 15 is 0 Å². The van der Waals surface area contributed by atoms with Crippen LogP contribution in [0.2, 0.25) is 0 Å². The van der Waals surface area contributed by atoms with Crippen LogP contribution < -0.4 is 18.9 Å². The summed E-state index contributed by atoms with van der Waals surface area (Å²) in [4.78, 5) is 0. The molecule has 0 rings (SSSR count). The van der Waals surface area contributed by atoms with Gasteiger partial charge in [0.1, 0.15) is 0 Å². The topological polar surface area (TPSA) is 0 Å². The number of hydrogen-bond donors (Lipinski definition) is 0. The van der Waals surface area contributed by atoms with Gasteiger partial charge in [-0.05, 0) is 0 Å². The van der Waals surface area contributed by atoms with Crippen molar-refractivity contribution in [3.8, 4) is 0 Å². The first-order chi connectivity index (χ1) is 0. The zero-order valence-electron chi connectivity index (χ0n) is 5.41.